The summed E-state index contributed by atoms with van der Waals surface area (Å²) in [4.78, 5) is 165. The zero-order chi connectivity index (χ0) is 95.2. The van der Waals surface area contributed by atoms with Crippen LogP contribution in [0, 0.1) is 21.7 Å². The molecule has 133 heavy (non-hydrogen) atoms. The molecule has 9 aliphatic rings. The summed E-state index contributed by atoms with van der Waals surface area (Å²) in [5, 5.41) is 21.2. The number of hydrogen-bond acceptors (Lipinski definition) is 22. The van der Waals surface area contributed by atoms with Gasteiger partial charge in [0.1, 0.15) is 51.5 Å². The highest BCUT2D eigenvalue weighted by atomic mass is 79.9. The molecule has 4 saturated heterocycles. The average molecular weight is 2090 g/mol. The summed E-state index contributed by atoms with van der Waals surface area (Å²) in [7, 11) is 0. The molecule has 4 spiro atoms. The molecule has 4 fully saturated rings. The summed E-state index contributed by atoms with van der Waals surface area (Å²) in [5.41, 5.74) is 10.7. The Kier molecular flexibility index (Phi) is 35.7. The molecular formula is C97H125Br4N15O17. The predicted molar refractivity (Wildman–Crippen MR) is 527 cm³/mol. The number of piperidine rings is 4. The minimum absolute atomic E-state index is 0. The van der Waals surface area contributed by atoms with Crippen LogP contribution >= 0.6 is 64.8 Å². The molecule has 0 radical (unpaired) electrons. The number of benzene rings is 1. The van der Waals surface area contributed by atoms with Crippen molar-refractivity contribution in [2.45, 2.75) is 209 Å². The molecule has 0 unspecified atom stereocenters. The Bertz CT molecular complexity index is 5400. The van der Waals surface area contributed by atoms with Gasteiger partial charge < -0.3 is 80.3 Å². The fourth-order valence-electron chi connectivity index (χ4n) is 16.6. The lowest BCUT2D eigenvalue weighted by molar-refractivity contribution is -0.137. The van der Waals surface area contributed by atoms with E-state index >= 15 is 0 Å². The third-order valence-electron chi connectivity index (χ3n) is 23.7. The standard InChI is InChI=1S/C31H36N4O4.C22H29N3O5.C20H25N3O5.C17H22BrN3O3.C6H6Br2N2.CH4.BrH.H2/c1-30(2,3)39-29(38)35-17-13-31(14-18-35)20-25-19-22(21-32-27(25)33-28(31)37)9-10-26(36)34-15-11-24(12-16-34)23-7-5-4-6-8-23;1-5-29-17(26)7-6-15-12-16-13-22(19(27)24-18(16)23-14-15)8-10-25(11-9-22)20(28)30-21(2,3)4;1-19(2,3)28-18(27)23-8-6-20(7-9-23)11-14-10-13(4-5-15(24)25)12-21-16(14)22-17(20)26;1-16(2,3)24-15(23)21-6-4-17(5-7-21)9-11-8-12(18)10-19-13(11)20-14(17)22;7-2-4-1-5(8)3-10-6(4)9;;;/h4-11,19,21H,12-18,20H2,1-3H3,(H,32,33,37);6-7,12,14H,5,8-11,13H2,1-4H3,(H,23,24,27);4-5,10,12H,6-9,11H2,1-3H3,(H,24,25)(H,21,22,26);8,10H,4-7,9H2,1-3H3,(H,19,20,22);1,3H,2H2,(H2,9,10);1H4;2*1H/b10-9+;7-6+;5-4+;;;;;. The summed E-state index contributed by atoms with van der Waals surface area (Å²) in [6.07, 6.45) is 25.5. The Morgan fingerprint density at radius 3 is 1.11 bits per heavy atom. The van der Waals surface area contributed by atoms with Crippen molar-refractivity contribution in [1.29, 1.82) is 0 Å². The number of amides is 9. The molecular weight excluding hydrogens is 1970 g/mol. The second-order valence-corrected chi connectivity index (χ2v) is 40.4. The molecule has 9 amide bonds. The lowest BCUT2D eigenvalue weighted by Crippen LogP contribution is -2.51. The quantitative estimate of drug-likeness (QED) is 0.0339. The Hall–Kier alpha value is -11.0. The Balaban J connectivity index is 0.000000213. The number of carboxylic acid groups (broad SMARTS) is 1. The van der Waals surface area contributed by atoms with Crippen molar-refractivity contribution in [3.63, 3.8) is 0 Å². The molecule has 14 heterocycles. The fourth-order valence-corrected chi connectivity index (χ4v) is 17.8. The number of carbonyl (C=O) groups excluding carboxylic acids is 10. The monoisotopic (exact) mass is 2090 g/mol. The number of anilines is 5. The fraction of sp³-hybridized carbons (Fsp3) is 0.485. The first-order valence-corrected chi connectivity index (χ1v) is 46.7. The third-order valence-corrected chi connectivity index (χ3v) is 25.1. The SMILES string of the molecule is Br.C.CC(C)(C)OC(=O)N1CCC2(CC1)Cc1cc(/C=C/C(=O)N3CC=C(c4ccccc4)CC3)cnc1NC2=O.CC(C)(C)OC(=O)N1CCC2(CC1)Cc1cc(/C=C/C(=O)O)cnc1NC2=O.CC(C)(C)OC(=O)N1CCC2(CC1)Cc1cc(Br)cnc1NC2=O.CCOC(=O)/C=C/c1cnc2c(c1)CC1(CCN(C(=O)OC(C)(C)C)CC1)C(=O)N2.Nc1ncc(Br)cc1CBr.[HH]. The van der Waals surface area contributed by atoms with Crippen LogP contribution in [-0.4, -0.2) is 215 Å². The van der Waals surface area contributed by atoms with Crippen molar-refractivity contribution >= 4 is 184 Å². The topological polar surface area (TPSA) is 409 Å². The Morgan fingerprint density at radius 1 is 0.466 bits per heavy atom. The van der Waals surface area contributed by atoms with Gasteiger partial charge in [-0.25, -0.2) is 53.7 Å². The van der Waals surface area contributed by atoms with Crippen LogP contribution in [0.15, 0.2) is 125 Å². The number of halogens is 4. The van der Waals surface area contributed by atoms with E-state index in [1.807, 2.05) is 137 Å². The number of hydrogen-bond donors (Lipinski definition) is 6. The number of aromatic nitrogens is 5. The molecule has 36 heteroatoms. The Morgan fingerprint density at radius 2 is 0.789 bits per heavy atom. The van der Waals surface area contributed by atoms with Gasteiger partial charge in [-0.2, -0.15) is 0 Å². The summed E-state index contributed by atoms with van der Waals surface area (Å²) in [5.74, 6) is 1.22. The molecule has 0 bridgehead atoms. The number of fused-ring (bicyclic) bond motifs is 4. The number of nitrogens with zero attached hydrogens (tertiary/aromatic N) is 10. The number of alkyl halides is 1. The third kappa shape index (κ3) is 28.8. The minimum atomic E-state index is -1.03. The van der Waals surface area contributed by atoms with Gasteiger partial charge in [0.25, 0.3) is 0 Å². The molecule has 0 aliphatic carbocycles. The molecule has 718 valence electrons. The van der Waals surface area contributed by atoms with Crippen LogP contribution in [-0.2, 0) is 88.3 Å². The van der Waals surface area contributed by atoms with Gasteiger partial charge in [0.05, 0.1) is 28.3 Å². The van der Waals surface area contributed by atoms with Gasteiger partial charge in [0.2, 0.25) is 29.5 Å². The number of likely N-dealkylation sites (tertiary alicyclic amines) is 4. The largest absolute Gasteiger partial charge is 0.478 e. The molecule has 32 nitrogen and oxygen atoms in total. The van der Waals surface area contributed by atoms with Crippen LogP contribution in [0.4, 0.5) is 48.3 Å². The first kappa shape index (κ1) is 106. The lowest BCUT2D eigenvalue weighted by atomic mass is 9.71. The second kappa shape index (κ2) is 44.9. The normalized spacial score (nSPS) is 17.9. The number of aliphatic carboxylic acids is 1. The highest BCUT2D eigenvalue weighted by molar-refractivity contribution is 9.10. The molecule has 7 N–H and O–H groups in total. The number of nitrogen functional groups attached to an aromatic ring is 1. The van der Waals surface area contributed by atoms with Crippen molar-refractivity contribution in [1.82, 2.24) is 49.4 Å². The van der Waals surface area contributed by atoms with Crippen LogP contribution in [0.5, 0.6) is 0 Å². The summed E-state index contributed by atoms with van der Waals surface area (Å²) in [6, 6.07) is 20.0. The number of carboxylic acids is 1. The number of carbonyl (C=O) groups is 11. The maximum absolute atomic E-state index is 13.1. The van der Waals surface area contributed by atoms with E-state index in [0.29, 0.717) is 184 Å². The van der Waals surface area contributed by atoms with E-state index in [4.69, 9.17) is 34.5 Å². The van der Waals surface area contributed by atoms with E-state index < -0.39 is 56.0 Å². The maximum Gasteiger partial charge on any atom is 0.410 e. The van der Waals surface area contributed by atoms with Crippen molar-refractivity contribution in [2.24, 2.45) is 21.7 Å². The van der Waals surface area contributed by atoms with E-state index in [1.165, 1.54) is 29.5 Å². The van der Waals surface area contributed by atoms with Crippen molar-refractivity contribution in [2.75, 3.05) is 99.1 Å². The number of nitrogens with one attached hydrogen (secondary N) is 4. The number of nitrogens with two attached hydrogens (primary N) is 1. The minimum Gasteiger partial charge on any atom is -0.478 e. The highest BCUT2D eigenvalue weighted by Crippen LogP contribution is 2.47. The second-order valence-electron chi connectivity index (χ2n) is 38.1. The predicted octanol–water partition coefficient (Wildman–Crippen LogP) is 17.9. The molecule has 0 saturated carbocycles. The van der Waals surface area contributed by atoms with E-state index in [2.05, 4.69) is 112 Å². The van der Waals surface area contributed by atoms with Crippen LogP contribution < -0.4 is 27.0 Å². The van der Waals surface area contributed by atoms with Crippen LogP contribution in [0.1, 0.15) is 207 Å². The van der Waals surface area contributed by atoms with Gasteiger partial charge >= 0.3 is 36.3 Å². The number of rotatable bonds is 9. The summed E-state index contributed by atoms with van der Waals surface area (Å²) < 4.78 is 28.5. The molecule has 1 aromatic carbocycles. The molecule has 6 aromatic rings. The van der Waals surface area contributed by atoms with Gasteiger partial charge in [-0.1, -0.05) is 59.8 Å². The zero-order valence-electron chi connectivity index (χ0n) is 77.0. The van der Waals surface area contributed by atoms with E-state index in [9.17, 15) is 52.7 Å². The highest BCUT2D eigenvalue weighted by Gasteiger charge is 2.51. The van der Waals surface area contributed by atoms with E-state index in [-0.39, 0.29) is 79.7 Å². The zero-order valence-corrected chi connectivity index (χ0v) is 83.4. The first-order valence-electron chi connectivity index (χ1n) is 44.0. The molecule has 0 atom stereocenters. The number of esters is 1. The number of pyridine rings is 5. The summed E-state index contributed by atoms with van der Waals surface area (Å²) in [6.45, 7) is 29.2. The summed E-state index contributed by atoms with van der Waals surface area (Å²) >= 11 is 10.0. The van der Waals surface area contributed by atoms with Gasteiger partial charge in [0.15, 0.2) is 0 Å². The van der Waals surface area contributed by atoms with Gasteiger partial charge in [-0.15, -0.1) is 17.0 Å². The molecule has 15 rings (SSSR count). The van der Waals surface area contributed by atoms with Crippen molar-refractivity contribution in [3.8, 4) is 0 Å². The number of ether oxygens (including phenoxy) is 5. The Labute approximate surface area is 814 Å². The average Bonchev–Trinajstić information content (AvgIpc) is 0.773. The van der Waals surface area contributed by atoms with Crippen molar-refractivity contribution < 1.29 is 83.0 Å². The van der Waals surface area contributed by atoms with E-state index in [0.717, 1.165) is 65.7 Å². The van der Waals surface area contributed by atoms with E-state index in [1.54, 1.807) is 69.5 Å². The van der Waals surface area contributed by atoms with Crippen LogP contribution in [0.25, 0.3) is 23.8 Å². The smallest absolute Gasteiger partial charge is 0.410 e. The van der Waals surface area contributed by atoms with Crippen LogP contribution in [0.2, 0.25) is 0 Å². The van der Waals surface area contributed by atoms with Gasteiger partial charge in [0, 0.05) is 136 Å². The van der Waals surface area contributed by atoms with Crippen LogP contribution in [0.3, 0.4) is 0 Å². The maximum atomic E-state index is 13.1. The first-order chi connectivity index (χ1) is 61.7. The molecule has 5 aromatic heterocycles. The van der Waals surface area contributed by atoms with Gasteiger partial charge in [-0.3, -0.25) is 24.0 Å². The molecule has 9 aliphatic heterocycles. The van der Waals surface area contributed by atoms with Crippen molar-refractivity contribution in [3.05, 3.63) is 175 Å². The van der Waals surface area contributed by atoms with Gasteiger partial charge in [-0.05, 0) is 304 Å². The lowest BCUT2D eigenvalue weighted by Gasteiger charge is -2.43.